The second kappa shape index (κ2) is 6.90. The number of aromatic nitrogens is 3. The third kappa shape index (κ3) is 3.11. The lowest BCUT2D eigenvalue weighted by atomic mass is 9.98. The van der Waals surface area contributed by atoms with E-state index in [0.717, 1.165) is 30.0 Å². The van der Waals surface area contributed by atoms with Crippen LogP contribution in [0, 0.1) is 6.92 Å². The van der Waals surface area contributed by atoms with E-state index in [1.54, 1.807) is 0 Å². The van der Waals surface area contributed by atoms with Crippen molar-refractivity contribution < 1.29 is 18.7 Å². The summed E-state index contributed by atoms with van der Waals surface area (Å²) >= 11 is 1.48. The summed E-state index contributed by atoms with van der Waals surface area (Å²) in [4.78, 5) is 18.8. The summed E-state index contributed by atoms with van der Waals surface area (Å²) in [6.45, 7) is 3.39. The van der Waals surface area contributed by atoms with Gasteiger partial charge in [0, 0.05) is 24.0 Å². The molecule has 2 aromatic heterocycles. The zero-order valence-corrected chi connectivity index (χ0v) is 16.1. The van der Waals surface area contributed by atoms with E-state index in [4.69, 9.17) is 13.9 Å². The number of nitrogens with zero attached hydrogens (tertiary/aromatic N) is 4. The summed E-state index contributed by atoms with van der Waals surface area (Å²) in [6, 6.07) is 5.53. The highest BCUT2D eigenvalue weighted by Gasteiger charge is 2.30. The molecule has 4 heterocycles. The molecule has 1 saturated heterocycles. The molecule has 1 amide bonds. The van der Waals surface area contributed by atoms with Crippen molar-refractivity contribution in [1.29, 1.82) is 0 Å². The number of thiazole rings is 1. The molecule has 0 saturated carbocycles. The summed E-state index contributed by atoms with van der Waals surface area (Å²) in [5.74, 6) is 2.36. The van der Waals surface area contributed by atoms with Gasteiger partial charge < -0.3 is 18.8 Å². The smallest absolute Gasteiger partial charge is 0.273 e. The highest BCUT2D eigenvalue weighted by Crippen LogP contribution is 2.36. The van der Waals surface area contributed by atoms with Crippen molar-refractivity contribution in [3.05, 3.63) is 40.2 Å². The summed E-state index contributed by atoms with van der Waals surface area (Å²) in [7, 11) is 0. The monoisotopic (exact) mass is 398 g/mol. The number of hydrogen-bond donors (Lipinski definition) is 0. The Morgan fingerprint density at radius 2 is 2.14 bits per heavy atom. The number of benzene rings is 1. The molecular weight excluding hydrogens is 380 g/mol. The maximum absolute atomic E-state index is 12.7. The fourth-order valence-electron chi connectivity index (χ4n) is 3.53. The average Bonchev–Trinajstić information content (AvgIpc) is 3.47. The van der Waals surface area contributed by atoms with E-state index in [0.29, 0.717) is 35.5 Å². The van der Waals surface area contributed by atoms with Gasteiger partial charge in [0.2, 0.25) is 18.6 Å². The Morgan fingerprint density at radius 1 is 1.25 bits per heavy atom. The van der Waals surface area contributed by atoms with Gasteiger partial charge in [-0.15, -0.1) is 21.5 Å². The van der Waals surface area contributed by atoms with Crippen LogP contribution in [0.1, 0.15) is 40.1 Å². The summed E-state index contributed by atoms with van der Waals surface area (Å²) < 4.78 is 16.7. The van der Waals surface area contributed by atoms with Crippen molar-refractivity contribution in [2.24, 2.45) is 0 Å². The summed E-state index contributed by atoms with van der Waals surface area (Å²) in [5.41, 5.74) is 1.29. The number of ether oxygens (including phenoxy) is 2. The van der Waals surface area contributed by atoms with E-state index >= 15 is 0 Å². The standard InChI is InChI=1S/C19H18N4O4S/c1-11-20-14(9-28-11)19(24)23-6-2-3-13(8-23)18-22-21-17(27-18)12-4-5-15-16(7-12)26-10-25-15/h4-5,7,9,13H,2-3,6,8,10H2,1H3/t13-/m1/s1. The van der Waals surface area contributed by atoms with Crippen LogP contribution in [0.5, 0.6) is 11.5 Å². The van der Waals surface area contributed by atoms with Crippen LogP contribution in [0.3, 0.4) is 0 Å². The Morgan fingerprint density at radius 3 is 3.00 bits per heavy atom. The van der Waals surface area contributed by atoms with Crippen molar-refractivity contribution in [3.63, 3.8) is 0 Å². The zero-order chi connectivity index (χ0) is 19.1. The molecule has 0 radical (unpaired) electrons. The molecule has 2 aliphatic rings. The van der Waals surface area contributed by atoms with Gasteiger partial charge in [-0.2, -0.15) is 0 Å². The minimum absolute atomic E-state index is 0.0210. The minimum Gasteiger partial charge on any atom is -0.454 e. The molecule has 28 heavy (non-hydrogen) atoms. The number of carbonyl (C=O) groups is 1. The first-order valence-electron chi connectivity index (χ1n) is 9.12. The molecule has 0 N–H and O–H groups in total. The number of aryl methyl sites for hydroxylation is 1. The van der Waals surface area contributed by atoms with E-state index in [1.807, 2.05) is 35.4 Å². The largest absolute Gasteiger partial charge is 0.454 e. The predicted molar refractivity (Wildman–Crippen MR) is 101 cm³/mol. The van der Waals surface area contributed by atoms with E-state index in [2.05, 4.69) is 15.2 Å². The highest BCUT2D eigenvalue weighted by atomic mass is 32.1. The van der Waals surface area contributed by atoms with E-state index in [-0.39, 0.29) is 18.6 Å². The van der Waals surface area contributed by atoms with E-state index in [9.17, 15) is 4.79 Å². The van der Waals surface area contributed by atoms with Crippen molar-refractivity contribution >= 4 is 17.2 Å². The number of piperidine rings is 1. The highest BCUT2D eigenvalue weighted by molar-refractivity contribution is 7.09. The summed E-state index contributed by atoms with van der Waals surface area (Å²) in [6.07, 6.45) is 1.80. The van der Waals surface area contributed by atoms with Crippen LogP contribution in [-0.2, 0) is 0 Å². The minimum atomic E-state index is -0.0374. The normalized spacial score (nSPS) is 18.5. The number of fused-ring (bicyclic) bond motifs is 1. The fourth-order valence-corrected chi connectivity index (χ4v) is 4.12. The van der Waals surface area contributed by atoms with Crippen LogP contribution >= 0.6 is 11.3 Å². The van der Waals surface area contributed by atoms with Crippen LogP contribution in [-0.4, -0.2) is 45.9 Å². The molecule has 3 aromatic rings. The van der Waals surface area contributed by atoms with Gasteiger partial charge in [-0.25, -0.2) is 4.98 Å². The van der Waals surface area contributed by atoms with Crippen LogP contribution in [0.2, 0.25) is 0 Å². The Labute approximate surface area is 165 Å². The quantitative estimate of drug-likeness (QED) is 0.669. The maximum Gasteiger partial charge on any atom is 0.273 e. The molecule has 0 aliphatic carbocycles. The van der Waals surface area contributed by atoms with Gasteiger partial charge in [0.25, 0.3) is 5.91 Å². The number of rotatable bonds is 3. The van der Waals surface area contributed by atoms with Crippen molar-refractivity contribution in [1.82, 2.24) is 20.1 Å². The average molecular weight is 398 g/mol. The zero-order valence-electron chi connectivity index (χ0n) is 15.3. The molecule has 0 spiro atoms. The molecule has 8 nitrogen and oxygen atoms in total. The first-order valence-corrected chi connectivity index (χ1v) is 10.00. The molecule has 1 aromatic carbocycles. The molecule has 1 atom stereocenters. The molecule has 0 unspecified atom stereocenters. The molecule has 9 heteroatoms. The predicted octanol–water partition coefficient (Wildman–Crippen LogP) is 3.25. The van der Waals surface area contributed by atoms with E-state index in [1.165, 1.54) is 11.3 Å². The third-order valence-corrected chi connectivity index (χ3v) is 5.73. The van der Waals surface area contributed by atoms with Gasteiger partial charge in [-0.3, -0.25) is 4.79 Å². The molecule has 144 valence electrons. The van der Waals surface area contributed by atoms with Crippen molar-refractivity contribution in [2.75, 3.05) is 19.9 Å². The second-order valence-electron chi connectivity index (χ2n) is 6.86. The molecule has 0 bridgehead atoms. The van der Waals surface area contributed by atoms with Gasteiger partial charge in [0.05, 0.1) is 10.9 Å². The molecule has 1 fully saturated rings. The Hall–Kier alpha value is -2.94. The van der Waals surface area contributed by atoms with Crippen LogP contribution in [0.15, 0.2) is 28.0 Å². The molecule has 5 rings (SSSR count). The lowest BCUT2D eigenvalue weighted by molar-refractivity contribution is 0.0693. The fraction of sp³-hybridized carbons (Fsp3) is 0.368. The van der Waals surface area contributed by atoms with Gasteiger partial charge in [0.1, 0.15) is 5.69 Å². The number of amides is 1. The topological polar surface area (TPSA) is 90.6 Å². The van der Waals surface area contributed by atoms with Crippen molar-refractivity contribution in [2.45, 2.75) is 25.7 Å². The SMILES string of the molecule is Cc1nc(C(=O)N2CCC[C@@H](c3nnc(-c4ccc5c(c4)OCO5)o3)C2)cs1. The van der Waals surface area contributed by atoms with Crippen molar-refractivity contribution in [3.8, 4) is 23.0 Å². The van der Waals surface area contributed by atoms with Gasteiger partial charge >= 0.3 is 0 Å². The Bertz CT molecular complexity index is 1030. The lowest BCUT2D eigenvalue weighted by Crippen LogP contribution is -2.39. The first kappa shape index (κ1) is 17.2. The van der Waals surface area contributed by atoms with Crippen LogP contribution in [0.25, 0.3) is 11.5 Å². The lowest BCUT2D eigenvalue weighted by Gasteiger charge is -2.30. The number of carbonyl (C=O) groups excluding carboxylic acids is 1. The number of hydrogen-bond acceptors (Lipinski definition) is 8. The molecular formula is C19H18N4O4S. The third-order valence-electron chi connectivity index (χ3n) is 4.96. The molecule has 2 aliphatic heterocycles. The second-order valence-corrected chi connectivity index (χ2v) is 7.92. The first-order chi connectivity index (χ1) is 13.7. The summed E-state index contributed by atoms with van der Waals surface area (Å²) in [5, 5.41) is 11.1. The maximum atomic E-state index is 12.7. The van der Waals surface area contributed by atoms with Gasteiger partial charge in [0.15, 0.2) is 11.5 Å². The van der Waals surface area contributed by atoms with Crippen LogP contribution < -0.4 is 9.47 Å². The van der Waals surface area contributed by atoms with E-state index < -0.39 is 0 Å². The van der Waals surface area contributed by atoms with Gasteiger partial charge in [-0.05, 0) is 38.0 Å². The van der Waals surface area contributed by atoms with Gasteiger partial charge in [-0.1, -0.05) is 0 Å². The van der Waals surface area contributed by atoms with Crippen LogP contribution in [0.4, 0.5) is 0 Å². The Balaban J connectivity index is 1.33. The number of likely N-dealkylation sites (tertiary alicyclic amines) is 1. The Kier molecular flexibility index (Phi) is 4.23.